The first-order chi connectivity index (χ1) is 6.22. The van der Waals surface area contributed by atoms with E-state index in [1.54, 1.807) is 32.0 Å². The predicted molar refractivity (Wildman–Crippen MR) is 63.2 cm³/mol. The molecule has 0 radical (unpaired) electrons. The summed E-state index contributed by atoms with van der Waals surface area (Å²) in [6.07, 6.45) is -4.19. The van der Waals surface area contributed by atoms with Crippen molar-refractivity contribution in [1.29, 1.82) is 0 Å². The first-order valence-corrected chi connectivity index (χ1v) is 7.64. The molecule has 0 spiro atoms. The van der Waals surface area contributed by atoms with E-state index in [2.05, 4.69) is 0 Å². The number of halogens is 1. The summed E-state index contributed by atoms with van der Waals surface area (Å²) in [6, 6.07) is 7.07. The van der Waals surface area contributed by atoms with Gasteiger partial charge >= 0.3 is 89.0 Å². The van der Waals surface area contributed by atoms with Crippen LogP contribution in [0.25, 0.3) is 0 Å². The van der Waals surface area contributed by atoms with Gasteiger partial charge in [0.15, 0.2) is 0 Å². The standard InChI is InChI=1S/C10H16ClO2P/c1-8(2)14(11,12,13)10-6-4-5-9(3)7-10/h4-8,12-13H,1-3H3. The Morgan fingerprint density at radius 2 is 1.86 bits per heavy atom. The molecule has 2 nitrogen and oxygen atoms in total. The quantitative estimate of drug-likeness (QED) is 0.772. The molecule has 0 aliphatic rings. The van der Waals surface area contributed by atoms with Gasteiger partial charge in [-0.2, -0.15) is 0 Å². The number of rotatable bonds is 2. The molecule has 1 rings (SSSR count). The molecule has 0 bridgehead atoms. The van der Waals surface area contributed by atoms with Crippen LogP contribution in [0.15, 0.2) is 24.3 Å². The predicted octanol–water partition coefficient (Wildman–Crippen LogP) is 2.55. The Morgan fingerprint density at radius 1 is 1.29 bits per heavy atom. The van der Waals surface area contributed by atoms with Gasteiger partial charge in [-0.3, -0.25) is 0 Å². The Morgan fingerprint density at radius 3 is 2.29 bits per heavy atom. The van der Waals surface area contributed by atoms with Crippen LogP contribution in [-0.4, -0.2) is 15.4 Å². The molecule has 0 saturated heterocycles. The molecule has 0 unspecified atom stereocenters. The second-order valence-electron chi connectivity index (χ2n) is 3.92. The molecule has 80 valence electrons. The monoisotopic (exact) mass is 234 g/mol. The Balaban J connectivity index is 3.28. The van der Waals surface area contributed by atoms with E-state index in [4.69, 9.17) is 11.2 Å². The van der Waals surface area contributed by atoms with Crippen LogP contribution in [-0.2, 0) is 0 Å². The van der Waals surface area contributed by atoms with Gasteiger partial charge in [0.25, 0.3) is 0 Å². The van der Waals surface area contributed by atoms with Crippen molar-refractivity contribution in [3.63, 3.8) is 0 Å². The normalized spacial score (nSPS) is 15.2. The van der Waals surface area contributed by atoms with Gasteiger partial charge < -0.3 is 0 Å². The van der Waals surface area contributed by atoms with E-state index in [1.165, 1.54) is 0 Å². The number of aryl methyl sites for hydroxylation is 1. The summed E-state index contributed by atoms with van der Waals surface area (Å²) in [4.78, 5) is 20.2. The fraction of sp³-hybridized carbons (Fsp3) is 0.400. The van der Waals surface area contributed by atoms with E-state index >= 15 is 0 Å². The molecule has 1 aromatic rings. The van der Waals surface area contributed by atoms with Crippen LogP contribution < -0.4 is 5.30 Å². The molecule has 0 fully saturated rings. The second-order valence-corrected chi connectivity index (χ2v) is 9.43. The summed E-state index contributed by atoms with van der Waals surface area (Å²) in [6.45, 7) is 5.33. The van der Waals surface area contributed by atoms with Gasteiger partial charge in [-0.25, -0.2) is 0 Å². The summed E-state index contributed by atoms with van der Waals surface area (Å²) in [7, 11) is 0. The van der Waals surface area contributed by atoms with Gasteiger partial charge in [-0.1, -0.05) is 0 Å². The van der Waals surface area contributed by atoms with Crippen molar-refractivity contribution in [1.82, 2.24) is 0 Å². The third-order valence-corrected chi connectivity index (χ3v) is 7.22. The molecule has 14 heavy (non-hydrogen) atoms. The van der Waals surface area contributed by atoms with Gasteiger partial charge in [-0.05, 0) is 0 Å². The third-order valence-electron chi connectivity index (χ3n) is 2.39. The molecule has 1 aromatic carbocycles. The molecule has 0 amide bonds. The van der Waals surface area contributed by atoms with Crippen molar-refractivity contribution >= 4 is 23.0 Å². The fourth-order valence-electron chi connectivity index (χ4n) is 1.18. The first kappa shape index (κ1) is 11.9. The van der Waals surface area contributed by atoms with E-state index in [0.717, 1.165) is 5.56 Å². The summed E-state index contributed by atoms with van der Waals surface area (Å²) in [5, 5.41) is 0.438. The Bertz CT molecular complexity index is 341. The van der Waals surface area contributed by atoms with E-state index in [1.807, 2.05) is 13.0 Å². The van der Waals surface area contributed by atoms with Crippen molar-refractivity contribution < 1.29 is 9.79 Å². The van der Waals surface area contributed by atoms with Crippen molar-refractivity contribution in [2.75, 3.05) is 0 Å². The van der Waals surface area contributed by atoms with E-state index < -0.39 is 6.41 Å². The maximum absolute atomic E-state index is 10.1. The van der Waals surface area contributed by atoms with Crippen LogP contribution >= 0.6 is 17.7 Å². The molecule has 0 aromatic heterocycles. The molecular formula is C10H16ClO2P. The van der Waals surface area contributed by atoms with Crippen LogP contribution in [0, 0.1) is 6.92 Å². The first-order valence-electron chi connectivity index (χ1n) is 4.53. The van der Waals surface area contributed by atoms with Gasteiger partial charge in [0.05, 0.1) is 0 Å². The summed E-state index contributed by atoms with van der Waals surface area (Å²) >= 11 is 5.97. The number of hydrogen-bond donors (Lipinski definition) is 2. The van der Waals surface area contributed by atoms with Gasteiger partial charge in [-0.15, -0.1) is 0 Å². The Kier molecular flexibility index (Phi) is 2.95. The van der Waals surface area contributed by atoms with Crippen molar-refractivity contribution in [2.24, 2.45) is 0 Å². The fourth-order valence-corrected chi connectivity index (χ4v) is 2.90. The Hall–Kier alpha value is -0.140. The maximum atomic E-state index is 10.1. The summed E-state index contributed by atoms with van der Waals surface area (Å²) < 4.78 is 0. The van der Waals surface area contributed by atoms with E-state index in [-0.39, 0.29) is 5.66 Å². The van der Waals surface area contributed by atoms with Crippen LogP contribution in [0.4, 0.5) is 0 Å². The van der Waals surface area contributed by atoms with Gasteiger partial charge in [0, 0.05) is 0 Å². The average Bonchev–Trinajstić information content (AvgIpc) is 2.03. The minimum atomic E-state index is -4.19. The second kappa shape index (κ2) is 3.46. The summed E-state index contributed by atoms with van der Waals surface area (Å²) in [5.41, 5.74) is 0.602. The van der Waals surface area contributed by atoms with Crippen LogP contribution in [0.2, 0.25) is 0 Å². The Labute approximate surface area is 89.4 Å². The van der Waals surface area contributed by atoms with E-state index in [0.29, 0.717) is 5.30 Å². The minimum absolute atomic E-state index is 0.371. The van der Waals surface area contributed by atoms with Crippen molar-refractivity contribution in [3.05, 3.63) is 29.8 Å². The molecule has 0 saturated carbocycles. The molecule has 0 aliphatic heterocycles. The SMILES string of the molecule is Cc1cccc(P(O)(O)(Cl)C(C)C)c1. The van der Waals surface area contributed by atoms with E-state index in [9.17, 15) is 9.79 Å². The molecule has 2 N–H and O–H groups in total. The number of benzene rings is 1. The van der Waals surface area contributed by atoms with Crippen LogP contribution in [0.5, 0.6) is 0 Å². The summed E-state index contributed by atoms with van der Waals surface area (Å²) in [5.74, 6) is 0. The third kappa shape index (κ3) is 2.09. The molecule has 4 heteroatoms. The van der Waals surface area contributed by atoms with Crippen LogP contribution in [0.1, 0.15) is 19.4 Å². The van der Waals surface area contributed by atoms with Crippen molar-refractivity contribution in [2.45, 2.75) is 26.4 Å². The average molecular weight is 235 g/mol. The zero-order valence-corrected chi connectivity index (χ0v) is 10.3. The molecule has 0 heterocycles. The molecule has 0 atom stereocenters. The zero-order chi connectivity index (χ0) is 11.0. The number of hydrogen-bond acceptors (Lipinski definition) is 2. The zero-order valence-electron chi connectivity index (χ0n) is 8.61. The van der Waals surface area contributed by atoms with Crippen molar-refractivity contribution in [3.8, 4) is 0 Å². The van der Waals surface area contributed by atoms with Crippen LogP contribution in [0.3, 0.4) is 0 Å². The topological polar surface area (TPSA) is 40.5 Å². The van der Waals surface area contributed by atoms with Gasteiger partial charge in [0.1, 0.15) is 0 Å². The van der Waals surface area contributed by atoms with Gasteiger partial charge in [0.2, 0.25) is 0 Å². The molecule has 0 aliphatic carbocycles. The molecular weight excluding hydrogens is 219 g/mol.